The van der Waals surface area contributed by atoms with Gasteiger partial charge in [-0.25, -0.2) is 4.68 Å². The molecule has 23 heavy (non-hydrogen) atoms. The zero-order valence-electron chi connectivity index (χ0n) is 13.6. The molecule has 0 unspecified atom stereocenters. The summed E-state index contributed by atoms with van der Waals surface area (Å²) < 4.78 is 6.39. The highest BCUT2D eigenvalue weighted by atomic mass is 16.5. The summed E-state index contributed by atoms with van der Waals surface area (Å²) in [5.41, 5.74) is 3.49. The molecular weight excluding hydrogens is 294 g/mol. The van der Waals surface area contributed by atoms with Gasteiger partial charge >= 0.3 is 5.97 Å². The van der Waals surface area contributed by atoms with Crippen LogP contribution < -0.4 is 5.32 Å². The van der Waals surface area contributed by atoms with Crippen molar-refractivity contribution < 1.29 is 14.3 Å². The molecule has 2 rings (SSSR count). The molecule has 0 saturated heterocycles. The minimum Gasteiger partial charge on any atom is -0.469 e. The summed E-state index contributed by atoms with van der Waals surface area (Å²) in [6, 6.07) is 9.26. The lowest BCUT2D eigenvalue weighted by Crippen LogP contribution is -2.25. The highest BCUT2D eigenvalue weighted by molar-refractivity contribution is 5.94. The molecule has 0 bridgehead atoms. The van der Waals surface area contributed by atoms with Crippen LogP contribution in [-0.2, 0) is 9.53 Å². The highest BCUT2D eigenvalue weighted by Crippen LogP contribution is 2.13. The lowest BCUT2D eigenvalue weighted by molar-refractivity contribution is -0.140. The van der Waals surface area contributed by atoms with Gasteiger partial charge < -0.3 is 10.1 Å². The van der Waals surface area contributed by atoms with Crippen LogP contribution in [-0.4, -0.2) is 35.3 Å². The number of aromatic nitrogens is 2. The first-order valence-corrected chi connectivity index (χ1v) is 7.50. The van der Waals surface area contributed by atoms with Gasteiger partial charge in [0.1, 0.15) is 0 Å². The van der Waals surface area contributed by atoms with E-state index in [1.54, 1.807) is 12.1 Å². The average Bonchev–Trinajstić information content (AvgIpc) is 2.89. The Bertz CT molecular complexity index is 690. The number of carbonyl (C=O) groups excluding carboxylic acids is 2. The van der Waals surface area contributed by atoms with Crippen molar-refractivity contribution in [2.75, 3.05) is 13.7 Å². The third kappa shape index (κ3) is 4.42. The summed E-state index contributed by atoms with van der Waals surface area (Å²) in [5.74, 6) is -0.428. The summed E-state index contributed by atoms with van der Waals surface area (Å²) in [5, 5.41) is 7.20. The Morgan fingerprint density at radius 1 is 1.22 bits per heavy atom. The van der Waals surface area contributed by atoms with E-state index in [0.29, 0.717) is 24.9 Å². The van der Waals surface area contributed by atoms with E-state index in [9.17, 15) is 9.59 Å². The van der Waals surface area contributed by atoms with Crippen molar-refractivity contribution in [3.63, 3.8) is 0 Å². The Morgan fingerprint density at radius 2 is 1.91 bits per heavy atom. The van der Waals surface area contributed by atoms with Crippen LogP contribution in [0.5, 0.6) is 0 Å². The third-order valence-electron chi connectivity index (χ3n) is 3.45. The van der Waals surface area contributed by atoms with E-state index < -0.39 is 0 Å². The fourth-order valence-corrected chi connectivity index (χ4v) is 2.28. The fraction of sp³-hybridized carbons (Fsp3) is 0.353. The molecule has 0 aliphatic carbocycles. The number of carbonyl (C=O) groups is 2. The van der Waals surface area contributed by atoms with Crippen molar-refractivity contribution in [1.29, 1.82) is 0 Å². The third-order valence-corrected chi connectivity index (χ3v) is 3.45. The molecule has 0 spiro atoms. The number of nitrogens with one attached hydrogen (secondary N) is 1. The van der Waals surface area contributed by atoms with Crippen LogP contribution in [0.4, 0.5) is 0 Å². The van der Waals surface area contributed by atoms with Gasteiger partial charge in [-0.05, 0) is 50.6 Å². The molecular formula is C17H21N3O3. The van der Waals surface area contributed by atoms with Crippen molar-refractivity contribution in [2.45, 2.75) is 26.7 Å². The monoisotopic (exact) mass is 315 g/mol. The maximum Gasteiger partial charge on any atom is 0.305 e. The van der Waals surface area contributed by atoms with Crippen molar-refractivity contribution >= 4 is 11.9 Å². The van der Waals surface area contributed by atoms with Crippen LogP contribution >= 0.6 is 0 Å². The minimum absolute atomic E-state index is 0.158. The van der Waals surface area contributed by atoms with Gasteiger partial charge in [0.05, 0.1) is 18.5 Å². The number of methoxy groups -OCH3 is 1. The first kappa shape index (κ1) is 16.7. The smallest absolute Gasteiger partial charge is 0.305 e. The van der Waals surface area contributed by atoms with E-state index in [1.165, 1.54) is 7.11 Å². The summed E-state index contributed by atoms with van der Waals surface area (Å²) in [6.07, 6.45) is 0.857. The van der Waals surface area contributed by atoms with Gasteiger partial charge in [-0.3, -0.25) is 9.59 Å². The molecule has 1 N–H and O–H groups in total. The second-order valence-corrected chi connectivity index (χ2v) is 5.32. The molecule has 0 saturated carbocycles. The molecule has 122 valence electrons. The molecule has 2 aromatic rings. The molecule has 1 heterocycles. The van der Waals surface area contributed by atoms with Crippen molar-refractivity contribution in [3.05, 3.63) is 47.3 Å². The normalized spacial score (nSPS) is 10.4. The molecule has 1 aromatic heterocycles. The predicted octanol–water partition coefficient (Wildman–Crippen LogP) is 2.17. The van der Waals surface area contributed by atoms with Crippen LogP contribution in [0, 0.1) is 13.8 Å². The molecule has 0 radical (unpaired) electrons. The van der Waals surface area contributed by atoms with Crippen molar-refractivity contribution in [3.8, 4) is 5.69 Å². The van der Waals surface area contributed by atoms with E-state index in [2.05, 4.69) is 15.2 Å². The predicted molar refractivity (Wildman–Crippen MR) is 86.6 cm³/mol. The number of hydrogen-bond acceptors (Lipinski definition) is 4. The van der Waals surface area contributed by atoms with Gasteiger partial charge in [0.15, 0.2) is 0 Å². The minimum atomic E-state index is -0.270. The number of esters is 1. The van der Waals surface area contributed by atoms with E-state index >= 15 is 0 Å². The van der Waals surface area contributed by atoms with E-state index in [0.717, 1.165) is 17.1 Å². The van der Waals surface area contributed by atoms with Crippen LogP contribution in [0.25, 0.3) is 5.69 Å². The summed E-state index contributed by atoms with van der Waals surface area (Å²) in [7, 11) is 1.35. The lowest BCUT2D eigenvalue weighted by Gasteiger charge is -2.07. The maximum atomic E-state index is 12.0. The summed E-state index contributed by atoms with van der Waals surface area (Å²) in [4.78, 5) is 23.0. The van der Waals surface area contributed by atoms with Gasteiger partial charge in [-0.15, -0.1) is 0 Å². The van der Waals surface area contributed by atoms with Gasteiger partial charge in [-0.1, -0.05) is 0 Å². The Hall–Kier alpha value is -2.63. The Morgan fingerprint density at radius 3 is 2.48 bits per heavy atom. The molecule has 0 aliphatic heterocycles. The SMILES string of the molecule is COC(=O)CCCNC(=O)c1ccc(-n2nc(C)cc2C)cc1. The zero-order valence-corrected chi connectivity index (χ0v) is 13.6. The molecule has 0 fully saturated rings. The van der Waals surface area contributed by atoms with Gasteiger partial charge in [0.25, 0.3) is 5.91 Å². The van der Waals surface area contributed by atoms with Gasteiger partial charge in [0, 0.05) is 24.2 Å². The quantitative estimate of drug-likeness (QED) is 0.655. The topological polar surface area (TPSA) is 73.2 Å². The van der Waals surface area contributed by atoms with Crippen molar-refractivity contribution in [1.82, 2.24) is 15.1 Å². The van der Waals surface area contributed by atoms with E-state index in [-0.39, 0.29) is 11.9 Å². The first-order chi connectivity index (χ1) is 11.0. The van der Waals surface area contributed by atoms with Crippen LogP contribution in [0.3, 0.4) is 0 Å². The first-order valence-electron chi connectivity index (χ1n) is 7.50. The highest BCUT2D eigenvalue weighted by Gasteiger charge is 2.08. The molecule has 6 nitrogen and oxygen atoms in total. The standard InChI is InChI=1S/C17H21N3O3/c1-12-11-13(2)20(19-12)15-8-6-14(7-9-15)17(22)18-10-4-5-16(21)23-3/h6-9,11H,4-5,10H2,1-3H3,(H,18,22). The van der Waals surface area contributed by atoms with E-state index in [1.807, 2.05) is 36.7 Å². The largest absolute Gasteiger partial charge is 0.469 e. The second-order valence-electron chi connectivity index (χ2n) is 5.32. The number of hydrogen-bond donors (Lipinski definition) is 1. The average molecular weight is 315 g/mol. The van der Waals surface area contributed by atoms with Crippen LogP contribution in [0.15, 0.2) is 30.3 Å². The molecule has 1 amide bonds. The van der Waals surface area contributed by atoms with Crippen LogP contribution in [0.1, 0.15) is 34.6 Å². The van der Waals surface area contributed by atoms with Gasteiger partial charge in [0.2, 0.25) is 0 Å². The Kier molecular flexibility index (Phi) is 5.51. The number of aryl methyl sites for hydroxylation is 2. The summed E-state index contributed by atoms with van der Waals surface area (Å²) in [6.45, 7) is 4.37. The van der Waals surface area contributed by atoms with Crippen LogP contribution in [0.2, 0.25) is 0 Å². The number of rotatable bonds is 6. The Balaban J connectivity index is 1.93. The lowest BCUT2D eigenvalue weighted by atomic mass is 10.2. The number of amides is 1. The molecule has 0 aliphatic rings. The van der Waals surface area contributed by atoms with Crippen molar-refractivity contribution in [2.24, 2.45) is 0 Å². The number of ether oxygens (including phenoxy) is 1. The number of benzene rings is 1. The Labute approximate surface area is 135 Å². The summed E-state index contributed by atoms with van der Waals surface area (Å²) >= 11 is 0. The fourth-order valence-electron chi connectivity index (χ4n) is 2.28. The second kappa shape index (κ2) is 7.58. The maximum absolute atomic E-state index is 12.0. The van der Waals surface area contributed by atoms with E-state index in [4.69, 9.17) is 0 Å². The molecule has 0 atom stereocenters. The zero-order chi connectivity index (χ0) is 16.8. The van der Waals surface area contributed by atoms with Gasteiger partial charge in [-0.2, -0.15) is 5.10 Å². The number of nitrogens with zero attached hydrogens (tertiary/aromatic N) is 2. The molecule has 6 heteroatoms. The molecule has 1 aromatic carbocycles.